The van der Waals surface area contributed by atoms with Gasteiger partial charge in [-0.1, -0.05) is 43.8 Å². The van der Waals surface area contributed by atoms with Gasteiger partial charge in [0, 0.05) is 5.92 Å². The van der Waals surface area contributed by atoms with E-state index in [1.807, 2.05) is 51.1 Å². The second kappa shape index (κ2) is 3.97. The van der Waals surface area contributed by atoms with Crippen molar-refractivity contribution in [2.45, 2.75) is 32.3 Å². The van der Waals surface area contributed by atoms with Gasteiger partial charge in [0.05, 0.1) is 5.60 Å². The van der Waals surface area contributed by atoms with Gasteiger partial charge in [-0.2, -0.15) is 0 Å². The molecule has 0 radical (unpaired) electrons. The summed E-state index contributed by atoms with van der Waals surface area (Å²) in [4.78, 5) is 0. The minimum atomic E-state index is -0.832. The molecule has 76 valence electrons. The Kier molecular flexibility index (Phi) is 3.12. The van der Waals surface area contributed by atoms with Gasteiger partial charge in [-0.05, 0) is 25.0 Å². The van der Waals surface area contributed by atoms with E-state index in [4.69, 9.17) is 0 Å². The zero-order valence-electron chi connectivity index (χ0n) is 9.12. The molecule has 0 bridgehead atoms. The molecule has 1 aromatic carbocycles. The smallest absolute Gasteiger partial charge is 0.0888 e. The van der Waals surface area contributed by atoms with E-state index in [-0.39, 0.29) is 5.92 Å². The summed E-state index contributed by atoms with van der Waals surface area (Å²) < 4.78 is 0. The van der Waals surface area contributed by atoms with Crippen LogP contribution in [0.2, 0.25) is 0 Å². The Morgan fingerprint density at radius 3 is 2.29 bits per heavy atom. The average Bonchev–Trinajstić information content (AvgIpc) is 2.17. The second-order valence-corrected chi connectivity index (χ2v) is 4.06. The van der Waals surface area contributed by atoms with Crippen LogP contribution in [0, 0.1) is 0 Å². The lowest BCUT2D eigenvalue weighted by atomic mass is 9.81. The van der Waals surface area contributed by atoms with E-state index in [0.29, 0.717) is 0 Å². The second-order valence-electron chi connectivity index (χ2n) is 4.06. The molecule has 1 rings (SSSR count). The largest absolute Gasteiger partial charge is 0.385 e. The van der Waals surface area contributed by atoms with E-state index in [2.05, 4.69) is 6.58 Å². The van der Waals surface area contributed by atoms with Crippen LogP contribution < -0.4 is 0 Å². The zero-order chi connectivity index (χ0) is 10.8. The standard InChI is InChI=1S/C13H18O/c1-10(2)13(4,14)11(3)12-8-6-5-7-9-12/h5-9,11,14H,1H2,2-4H3/t11-,13+/m1/s1. The molecule has 0 aliphatic heterocycles. The van der Waals surface area contributed by atoms with Crippen LogP contribution in [0.4, 0.5) is 0 Å². The number of benzene rings is 1. The molecule has 1 aromatic rings. The Morgan fingerprint density at radius 2 is 1.86 bits per heavy atom. The van der Waals surface area contributed by atoms with Crippen molar-refractivity contribution in [2.24, 2.45) is 0 Å². The molecular weight excluding hydrogens is 172 g/mol. The van der Waals surface area contributed by atoms with Crippen LogP contribution in [0.3, 0.4) is 0 Å². The normalized spacial score (nSPS) is 17.1. The molecule has 1 N–H and O–H groups in total. The van der Waals surface area contributed by atoms with Gasteiger partial charge in [0.1, 0.15) is 0 Å². The molecule has 0 heterocycles. The van der Waals surface area contributed by atoms with Crippen LogP contribution >= 0.6 is 0 Å². The molecule has 2 atom stereocenters. The molecule has 0 saturated carbocycles. The number of aliphatic hydroxyl groups is 1. The lowest BCUT2D eigenvalue weighted by Gasteiger charge is -2.31. The lowest BCUT2D eigenvalue weighted by Crippen LogP contribution is -2.32. The van der Waals surface area contributed by atoms with Gasteiger partial charge in [-0.3, -0.25) is 0 Å². The highest BCUT2D eigenvalue weighted by atomic mass is 16.3. The summed E-state index contributed by atoms with van der Waals surface area (Å²) in [5.41, 5.74) is 1.11. The molecule has 0 fully saturated rings. The fourth-order valence-corrected chi connectivity index (χ4v) is 1.44. The molecule has 0 amide bonds. The number of rotatable bonds is 3. The van der Waals surface area contributed by atoms with E-state index in [1.54, 1.807) is 0 Å². The van der Waals surface area contributed by atoms with Gasteiger partial charge >= 0.3 is 0 Å². The van der Waals surface area contributed by atoms with Crippen molar-refractivity contribution in [1.82, 2.24) is 0 Å². The predicted octanol–water partition coefficient (Wildman–Crippen LogP) is 3.12. The van der Waals surface area contributed by atoms with Crippen LogP contribution in [-0.2, 0) is 0 Å². The van der Waals surface area contributed by atoms with Crippen molar-refractivity contribution in [3.05, 3.63) is 48.0 Å². The van der Waals surface area contributed by atoms with Crippen molar-refractivity contribution in [3.63, 3.8) is 0 Å². The van der Waals surface area contributed by atoms with E-state index >= 15 is 0 Å². The Bertz CT molecular complexity index is 311. The maximum absolute atomic E-state index is 10.2. The lowest BCUT2D eigenvalue weighted by molar-refractivity contribution is 0.0743. The summed E-state index contributed by atoms with van der Waals surface area (Å²) in [6, 6.07) is 10.0. The topological polar surface area (TPSA) is 20.2 Å². The first-order valence-corrected chi connectivity index (χ1v) is 4.89. The molecule has 0 spiro atoms. The monoisotopic (exact) mass is 190 g/mol. The van der Waals surface area contributed by atoms with Crippen molar-refractivity contribution in [3.8, 4) is 0 Å². The van der Waals surface area contributed by atoms with Crippen molar-refractivity contribution in [2.75, 3.05) is 0 Å². The first kappa shape index (κ1) is 11.0. The van der Waals surface area contributed by atoms with Crippen LogP contribution in [0.15, 0.2) is 42.5 Å². The summed E-state index contributed by atoms with van der Waals surface area (Å²) >= 11 is 0. The molecule has 14 heavy (non-hydrogen) atoms. The Morgan fingerprint density at radius 1 is 1.36 bits per heavy atom. The van der Waals surface area contributed by atoms with Crippen molar-refractivity contribution in [1.29, 1.82) is 0 Å². The van der Waals surface area contributed by atoms with E-state index < -0.39 is 5.60 Å². The highest BCUT2D eigenvalue weighted by Crippen LogP contribution is 2.32. The minimum absolute atomic E-state index is 0.0706. The van der Waals surface area contributed by atoms with Crippen LogP contribution in [0.5, 0.6) is 0 Å². The van der Waals surface area contributed by atoms with E-state index in [1.165, 1.54) is 0 Å². The predicted molar refractivity (Wildman–Crippen MR) is 60.3 cm³/mol. The molecule has 0 unspecified atom stereocenters. The van der Waals surface area contributed by atoms with Crippen molar-refractivity contribution < 1.29 is 5.11 Å². The molecule has 0 saturated heterocycles. The molecule has 1 heteroatoms. The van der Waals surface area contributed by atoms with Gasteiger partial charge in [-0.25, -0.2) is 0 Å². The summed E-state index contributed by atoms with van der Waals surface area (Å²) in [6.45, 7) is 9.51. The fourth-order valence-electron chi connectivity index (χ4n) is 1.44. The third kappa shape index (κ3) is 2.05. The molecule has 0 aliphatic carbocycles. The molecule has 0 aliphatic rings. The highest BCUT2D eigenvalue weighted by Gasteiger charge is 2.29. The quantitative estimate of drug-likeness (QED) is 0.726. The summed E-state index contributed by atoms with van der Waals surface area (Å²) in [5.74, 6) is 0.0706. The van der Waals surface area contributed by atoms with Crippen LogP contribution in [0.25, 0.3) is 0 Å². The third-order valence-electron chi connectivity index (χ3n) is 3.01. The minimum Gasteiger partial charge on any atom is -0.385 e. The SMILES string of the molecule is C=C(C)[C@](C)(O)[C@H](C)c1ccccc1. The Balaban J connectivity index is 2.96. The van der Waals surface area contributed by atoms with E-state index in [0.717, 1.165) is 11.1 Å². The summed E-state index contributed by atoms with van der Waals surface area (Å²) in [7, 11) is 0. The molecule has 1 nitrogen and oxygen atoms in total. The zero-order valence-corrected chi connectivity index (χ0v) is 9.12. The summed E-state index contributed by atoms with van der Waals surface area (Å²) in [5, 5.41) is 10.2. The van der Waals surface area contributed by atoms with Gasteiger partial charge in [0.25, 0.3) is 0 Å². The first-order valence-electron chi connectivity index (χ1n) is 4.89. The van der Waals surface area contributed by atoms with Gasteiger partial charge < -0.3 is 5.11 Å². The van der Waals surface area contributed by atoms with Crippen LogP contribution in [0.1, 0.15) is 32.3 Å². The Hall–Kier alpha value is -1.08. The maximum Gasteiger partial charge on any atom is 0.0888 e. The first-order chi connectivity index (χ1) is 6.46. The number of hydrogen-bond acceptors (Lipinski definition) is 1. The summed E-state index contributed by atoms with van der Waals surface area (Å²) in [6.07, 6.45) is 0. The molecular formula is C13H18O. The van der Waals surface area contributed by atoms with Gasteiger partial charge in [-0.15, -0.1) is 0 Å². The molecule has 0 aromatic heterocycles. The van der Waals surface area contributed by atoms with Gasteiger partial charge in [0.2, 0.25) is 0 Å². The van der Waals surface area contributed by atoms with Gasteiger partial charge in [0.15, 0.2) is 0 Å². The van der Waals surface area contributed by atoms with Crippen molar-refractivity contribution >= 4 is 0 Å². The fraction of sp³-hybridized carbons (Fsp3) is 0.385. The number of hydrogen-bond donors (Lipinski definition) is 1. The maximum atomic E-state index is 10.2. The van der Waals surface area contributed by atoms with E-state index in [9.17, 15) is 5.11 Å². The van der Waals surface area contributed by atoms with Crippen LogP contribution in [-0.4, -0.2) is 10.7 Å². The third-order valence-corrected chi connectivity index (χ3v) is 3.01. The Labute approximate surface area is 86.1 Å². The highest BCUT2D eigenvalue weighted by molar-refractivity contribution is 5.26. The average molecular weight is 190 g/mol.